The molecule has 2 aliphatic heterocycles. The minimum atomic E-state index is -0.183. The Morgan fingerprint density at radius 3 is 2.64 bits per heavy atom. The summed E-state index contributed by atoms with van der Waals surface area (Å²) in [4.78, 5) is 12.0. The summed E-state index contributed by atoms with van der Waals surface area (Å²) in [6.07, 6.45) is 4.43. The maximum absolute atomic E-state index is 13.3. The third-order valence-corrected chi connectivity index (χ3v) is 6.61. The first kappa shape index (κ1) is 19.8. The fourth-order valence-electron chi connectivity index (χ4n) is 4.40. The fraction of sp³-hybridized carbons (Fsp3) is 0.500. The number of nitrogens with zero attached hydrogens (tertiary/aromatic N) is 4. The normalized spacial score (nSPS) is 21.8. The van der Waals surface area contributed by atoms with Gasteiger partial charge in [0.2, 0.25) is 0 Å². The minimum absolute atomic E-state index is 0.183. The number of rotatable bonds is 5. The van der Waals surface area contributed by atoms with Gasteiger partial charge in [0, 0.05) is 56.5 Å². The average molecular weight is 447 g/mol. The summed E-state index contributed by atoms with van der Waals surface area (Å²) in [5.74, 6) is 1.63. The van der Waals surface area contributed by atoms with Crippen LogP contribution in [-0.4, -0.2) is 60.6 Å². The van der Waals surface area contributed by atoms with E-state index in [-0.39, 0.29) is 5.82 Å². The monoisotopic (exact) mass is 446 g/mol. The van der Waals surface area contributed by atoms with Gasteiger partial charge in [0.1, 0.15) is 11.6 Å². The van der Waals surface area contributed by atoms with Gasteiger partial charge in [-0.1, -0.05) is 28.1 Å². The van der Waals surface area contributed by atoms with Crippen molar-refractivity contribution in [1.29, 1.82) is 0 Å². The smallest absolute Gasteiger partial charge is 0.128 e. The number of hydrogen-bond donors (Lipinski definition) is 0. The molecule has 0 radical (unpaired) electrons. The number of likely N-dealkylation sites (tertiary alicyclic amines) is 1. The summed E-state index contributed by atoms with van der Waals surface area (Å²) < 4.78 is 14.2. The van der Waals surface area contributed by atoms with Gasteiger partial charge in [-0.25, -0.2) is 9.37 Å². The number of benzene rings is 1. The zero-order valence-corrected chi connectivity index (χ0v) is 17.8. The van der Waals surface area contributed by atoms with Crippen LogP contribution in [0.15, 0.2) is 47.1 Å². The van der Waals surface area contributed by atoms with Crippen LogP contribution in [0.2, 0.25) is 0 Å². The molecule has 1 atom stereocenters. The first-order valence-electron chi connectivity index (χ1n) is 10.2. The summed E-state index contributed by atoms with van der Waals surface area (Å²) in [5, 5.41) is 0. The number of aromatic nitrogens is 1. The van der Waals surface area contributed by atoms with Crippen LogP contribution < -0.4 is 4.90 Å². The van der Waals surface area contributed by atoms with Gasteiger partial charge in [0.15, 0.2) is 0 Å². The highest BCUT2D eigenvalue weighted by Gasteiger charge is 2.25. The molecule has 6 heteroatoms. The summed E-state index contributed by atoms with van der Waals surface area (Å²) >= 11 is 3.51. The van der Waals surface area contributed by atoms with Crippen molar-refractivity contribution in [3.63, 3.8) is 0 Å². The lowest BCUT2D eigenvalue weighted by Gasteiger charge is -2.39. The van der Waals surface area contributed by atoms with Crippen molar-refractivity contribution in [3.8, 4) is 0 Å². The molecular weight excluding hydrogens is 419 g/mol. The van der Waals surface area contributed by atoms with Crippen LogP contribution in [0.1, 0.15) is 18.4 Å². The second-order valence-electron chi connectivity index (χ2n) is 7.95. The van der Waals surface area contributed by atoms with Crippen LogP contribution in [-0.2, 0) is 6.54 Å². The number of piperidine rings is 1. The van der Waals surface area contributed by atoms with Crippen molar-refractivity contribution in [2.75, 3.05) is 50.7 Å². The van der Waals surface area contributed by atoms with Gasteiger partial charge in [0.25, 0.3) is 0 Å². The van der Waals surface area contributed by atoms with Gasteiger partial charge in [-0.15, -0.1) is 0 Å². The lowest BCUT2D eigenvalue weighted by molar-refractivity contribution is 0.124. The summed E-state index contributed by atoms with van der Waals surface area (Å²) in [5.41, 5.74) is 1.17. The largest absolute Gasteiger partial charge is 0.354 e. The van der Waals surface area contributed by atoms with E-state index in [1.165, 1.54) is 24.9 Å². The topological polar surface area (TPSA) is 22.6 Å². The van der Waals surface area contributed by atoms with E-state index in [0.717, 1.165) is 62.0 Å². The van der Waals surface area contributed by atoms with E-state index in [1.807, 2.05) is 18.3 Å². The zero-order chi connectivity index (χ0) is 19.3. The van der Waals surface area contributed by atoms with Crippen molar-refractivity contribution < 1.29 is 4.39 Å². The van der Waals surface area contributed by atoms with Gasteiger partial charge in [-0.3, -0.25) is 9.80 Å². The molecule has 1 unspecified atom stereocenters. The van der Waals surface area contributed by atoms with Crippen LogP contribution in [0.5, 0.6) is 0 Å². The molecule has 0 aliphatic carbocycles. The average Bonchev–Trinajstić information content (AvgIpc) is 2.72. The Bertz CT molecular complexity index is 764. The molecule has 0 saturated carbocycles. The van der Waals surface area contributed by atoms with E-state index in [1.54, 1.807) is 12.1 Å². The molecule has 0 amide bonds. The van der Waals surface area contributed by atoms with Crippen LogP contribution in [0, 0.1) is 11.7 Å². The molecule has 1 aromatic carbocycles. The lowest BCUT2D eigenvalue weighted by atomic mass is 9.96. The Kier molecular flexibility index (Phi) is 6.60. The molecule has 2 saturated heterocycles. The highest BCUT2D eigenvalue weighted by atomic mass is 79.9. The molecule has 1 aromatic heterocycles. The number of halogens is 2. The van der Waals surface area contributed by atoms with E-state index in [0.29, 0.717) is 0 Å². The molecule has 2 fully saturated rings. The Morgan fingerprint density at radius 1 is 1.04 bits per heavy atom. The molecule has 4 rings (SSSR count). The number of piperazine rings is 1. The minimum Gasteiger partial charge on any atom is -0.354 e. The van der Waals surface area contributed by atoms with Crippen LogP contribution in [0.25, 0.3) is 0 Å². The van der Waals surface area contributed by atoms with Crippen molar-refractivity contribution in [2.45, 2.75) is 19.4 Å². The summed E-state index contributed by atoms with van der Waals surface area (Å²) in [6.45, 7) is 8.65. The van der Waals surface area contributed by atoms with Crippen LogP contribution in [0.4, 0.5) is 10.2 Å². The zero-order valence-electron chi connectivity index (χ0n) is 16.2. The SMILES string of the molecule is Fc1ccc(CN2CCCC(CN3CCN(c4ccccn4)CC3)C2)c(Br)c1. The van der Waals surface area contributed by atoms with Crippen LogP contribution in [0.3, 0.4) is 0 Å². The highest BCUT2D eigenvalue weighted by molar-refractivity contribution is 9.10. The predicted molar refractivity (Wildman–Crippen MR) is 115 cm³/mol. The van der Waals surface area contributed by atoms with Crippen molar-refractivity contribution >= 4 is 21.7 Å². The Balaban J connectivity index is 1.26. The van der Waals surface area contributed by atoms with E-state index >= 15 is 0 Å². The molecular formula is C22H28BrFN4. The van der Waals surface area contributed by atoms with Gasteiger partial charge in [-0.05, 0) is 55.1 Å². The molecule has 0 N–H and O–H groups in total. The quantitative estimate of drug-likeness (QED) is 0.691. The van der Waals surface area contributed by atoms with Crippen LogP contribution >= 0.6 is 15.9 Å². The van der Waals surface area contributed by atoms with Crippen molar-refractivity contribution in [1.82, 2.24) is 14.8 Å². The highest BCUT2D eigenvalue weighted by Crippen LogP contribution is 2.24. The molecule has 0 bridgehead atoms. The van der Waals surface area contributed by atoms with Gasteiger partial charge < -0.3 is 4.90 Å². The Labute approximate surface area is 175 Å². The molecule has 4 nitrogen and oxygen atoms in total. The molecule has 0 spiro atoms. The summed E-state index contributed by atoms with van der Waals surface area (Å²) in [6, 6.07) is 11.2. The molecule has 28 heavy (non-hydrogen) atoms. The van der Waals surface area contributed by atoms with E-state index in [9.17, 15) is 4.39 Å². The third kappa shape index (κ3) is 5.10. The van der Waals surface area contributed by atoms with E-state index in [4.69, 9.17) is 0 Å². The van der Waals surface area contributed by atoms with Gasteiger partial charge in [0.05, 0.1) is 0 Å². The Morgan fingerprint density at radius 2 is 1.89 bits per heavy atom. The van der Waals surface area contributed by atoms with E-state index in [2.05, 4.69) is 47.7 Å². The number of hydrogen-bond acceptors (Lipinski definition) is 4. The Hall–Kier alpha value is -1.50. The van der Waals surface area contributed by atoms with Crippen molar-refractivity contribution in [2.24, 2.45) is 5.92 Å². The standard InChI is InChI=1S/C22H28BrFN4/c23-21-14-20(24)7-6-19(21)17-27-9-3-4-18(16-27)15-26-10-12-28(13-11-26)22-5-1-2-8-25-22/h1-2,5-8,14,18H,3-4,9-13,15-17H2. The summed E-state index contributed by atoms with van der Waals surface area (Å²) in [7, 11) is 0. The van der Waals surface area contributed by atoms with Crippen molar-refractivity contribution in [3.05, 3.63) is 58.4 Å². The first-order chi connectivity index (χ1) is 13.7. The molecule has 150 valence electrons. The molecule has 2 aromatic rings. The number of anilines is 1. The van der Waals surface area contributed by atoms with E-state index < -0.39 is 0 Å². The lowest BCUT2D eigenvalue weighted by Crippen LogP contribution is -2.49. The second kappa shape index (κ2) is 9.33. The molecule has 2 aliphatic rings. The van der Waals surface area contributed by atoms with Gasteiger partial charge >= 0.3 is 0 Å². The molecule has 3 heterocycles. The van der Waals surface area contributed by atoms with Gasteiger partial charge in [-0.2, -0.15) is 0 Å². The maximum Gasteiger partial charge on any atom is 0.128 e. The maximum atomic E-state index is 13.3. The second-order valence-corrected chi connectivity index (χ2v) is 8.81. The third-order valence-electron chi connectivity index (χ3n) is 5.87. The predicted octanol–water partition coefficient (Wildman–Crippen LogP) is 4.02. The fourth-order valence-corrected chi connectivity index (χ4v) is 4.88. The first-order valence-corrected chi connectivity index (χ1v) is 11.0. The number of pyridine rings is 1.